The Hall–Kier alpha value is -4.11. The maximum Gasteiger partial charge on any atom is 0.328 e. The van der Waals surface area contributed by atoms with Crippen molar-refractivity contribution < 1.29 is 23.9 Å². The van der Waals surface area contributed by atoms with Gasteiger partial charge in [0.1, 0.15) is 5.75 Å². The molecule has 4 amide bonds. The molecule has 3 atom stereocenters. The highest BCUT2D eigenvalue weighted by atomic mass is 16.5. The van der Waals surface area contributed by atoms with E-state index in [0.29, 0.717) is 19.0 Å². The summed E-state index contributed by atoms with van der Waals surface area (Å²) < 4.78 is 5.57. The average molecular weight is 538 g/mol. The van der Waals surface area contributed by atoms with Crippen molar-refractivity contribution in [2.75, 3.05) is 46.4 Å². The fraction of sp³-hybridized carbons (Fsp3) is 0.519. The number of nitrogens with one attached hydrogen (secondary N) is 1. The molecule has 1 aromatic rings. The second-order valence-corrected chi connectivity index (χ2v) is 9.67. The third kappa shape index (κ3) is 5.83. The molecule has 0 saturated carbocycles. The first kappa shape index (κ1) is 27.9. The Bertz CT molecular complexity index is 1220. The molecule has 0 spiro atoms. The Kier molecular flexibility index (Phi) is 8.71. The first-order chi connectivity index (χ1) is 18.8. The Morgan fingerprint density at radius 3 is 2.74 bits per heavy atom. The van der Waals surface area contributed by atoms with Gasteiger partial charge >= 0.3 is 6.03 Å². The molecule has 0 radical (unpaired) electrons. The summed E-state index contributed by atoms with van der Waals surface area (Å²) in [6, 6.07) is 4.99. The van der Waals surface area contributed by atoms with Gasteiger partial charge in [0.05, 0.1) is 18.7 Å². The lowest BCUT2D eigenvalue weighted by atomic mass is 10.1. The van der Waals surface area contributed by atoms with Gasteiger partial charge in [-0.3, -0.25) is 19.3 Å². The van der Waals surface area contributed by atoms with Crippen LogP contribution in [0.4, 0.5) is 4.79 Å². The Morgan fingerprint density at radius 2 is 2.03 bits per heavy atom. The van der Waals surface area contributed by atoms with Crippen molar-refractivity contribution in [3.63, 3.8) is 0 Å². The number of fused-ring (bicyclic) bond motifs is 1. The van der Waals surface area contributed by atoms with Crippen LogP contribution in [-0.2, 0) is 9.59 Å². The zero-order valence-electron chi connectivity index (χ0n) is 22.6. The van der Waals surface area contributed by atoms with Gasteiger partial charge in [-0.15, -0.1) is 5.92 Å². The monoisotopic (exact) mass is 537 g/mol. The quantitative estimate of drug-likeness (QED) is 0.351. The van der Waals surface area contributed by atoms with Gasteiger partial charge in [0.2, 0.25) is 0 Å². The van der Waals surface area contributed by atoms with Crippen molar-refractivity contribution in [2.45, 2.75) is 44.9 Å². The van der Waals surface area contributed by atoms with Crippen molar-refractivity contribution >= 4 is 29.6 Å². The van der Waals surface area contributed by atoms with Crippen molar-refractivity contribution in [3.8, 4) is 17.6 Å². The highest BCUT2D eigenvalue weighted by Crippen LogP contribution is 2.30. The molecule has 3 aliphatic rings. The van der Waals surface area contributed by atoms with Crippen LogP contribution in [0.5, 0.6) is 5.75 Å². The van der Waals surface area contributed by atoms with E-state index in [9.17, 15) is 19.2 Å². The summed E-state index contributed by atoms with van der Waals surface area (Å²) in [5.74, 6) is 5.34. The summed E-state index contributed by atoms with van der Waals surface area (Å²) in [5, 5.41) is 2.63. The van der Waals surface area contributed by atoms with Gasteiger partial charge in [0.25, 0.3) is 11.8 Å². The number of carbonyl (C=O) groups excluding carboxylic acids is 4. The third-order valence-corrected chi connectivity index (χ3v) is 6.96. The van der Waals surface area contributed by atoms with Crippen LogP contribution in [0.25, 0.3) is 0 Å². The van der Waals surface area contributed by atoms with E-state index in [1.165, 1.54) is 4.90 Å². The lowest BCUT2D eigenvalue weighted by Crippen LogP contribution is -2.66. The van der Waals surface area contributed by atoms with E-state index in [1.807, 2.05) is 9.80 Å². The van der Waals surface area contributed by atoms with Gasteiger partial charge in [-0.05, 0) is 38.8 Å². The van der Waals surface area contributed by atoms with E-state index in [1.54, 1.807) is 45.2 Å². The molecule has 12 heteroatoms. The van der Waals surface area contributed by atoms with E-state index < -0.39 is 36.5 Å². The lowest BCUT2D eigenvalue weighted by molar-refractivity contribution is -0.136. The highest BCUT2D eigenvalue weighted by molar-refractivity contribution is 6.09. The largest absolute Gasteiger partial charge is 0.483 e. The fourth-order valence-electron chi connectivity index (χ4n) is 5.04. The molecular formula is C27H35N7O5. The molecule has 1 aromatic carbocycles. The van der Waals surface area contributed by atoms with Crippen LogP contribution in [0.1, 0.15) is 37.0 Å². The Morgan fingerprint density at radius 1 is 1.26 bits per heavy atom. The molecule has 39 heavy (non-hydrogen) atoms. The molecule has 3 heterocycles. The molecule has 208 valence electrons. The van der Waals surface area contributed by atoms with E-state index >= 15 is 0 Å². The number of nitrogens with two attached hydrogens (primary N) is 1. The number of benzene rings is 1. The molecule has 0 aromatic heterocycles. The summed E-state index contributed by atoms with van der Waals surface area (Å²) in [7, 11) is 1.57. The summed E-state index contributed by atoms with van der Waals surface area (Å²) in [4.78, 5) is 63.3. The van der Waals surface area contributed by atoms with Gasteiger partial charge in [-0.2, -0.15) is 0 Å². The second kappa shape index (κ2) is 12.2. The smallest absolute Gasteiger partial charge is 0.328 e. The first-order valence-electron chi connectivity index (χ1n) is 13.1. The minimum Gasteiger partial charge on any atom is -0.483 e. The fourth-order valence-corrected chi connectivity index (χ4v) is 5.04. The number of aliphatic imine (C=N–C) groups is 1. The molecule has 2 unspecified atom stereocenters. The molecule has 0 bridgehead atoms. The van der Waals surface area contributed by atoms with Gasteiger partial charge in [0.15, 0.2) is 30.6 Å². The lowest BCUT2D eigenvalue weighted by Gasteiger charge is -2.41. The van der Waals surface area contributed by atoms with Crippen LogP contribution < -0.4 is 15.8 Å². The number of hydrogen-bond donors (Lipinski definition) is 2. The van der Waals surface area contributed by atoms with Gasteiger partial charge in [0, 0.05) is 32.7 Å². The molecule has 4 rings (SSSR count). The molecule has 3 aliphatic heterocycles. The van der Waals surface area contributed by atoms with Crippen LogP contribution >= 0.6 is 0 Å². The summed E-state index contributed by atoms with van der Waals surface area (Å²) >= 11 is 0. The van der Waals surface area contributed by atoms with E-state index in [2.05, 4.69) is 17.2 Å². The number of para-hydroxylation sites is 1. The number of hydrogen-bond acceptors (Lipinski definition) is 9. The maximum absolute atomic E-state index is 13.8. The van der Waals surface area contributed by atoms with Crippen LogP contribution in [0.2, 0.25) is 0 Å². The molecule has 3 N–H and O–H groups in total. The number of Topliss-reactive ketones (excluding diaryl/α,β-unsaturated/α-hetero) is 1. The third-order valence-electron chi connectivity index (χ3n) is 6.96. The summed E-state index contributed by atoms with van der Waals surface area (Å²) in [6.45, 7) is 4.79. The number of ether oxygens (including phenoxy) is 1. The van der Waals surface area contributed by atoms with Crippen molar-refractivity contribution in [1.82, 2.24) is 24.9 Å². The zero-order valence-corrected chi connectivity index (χ0v) is 22.6. The van der Waals surface area contributed by atoms with E-state index in [0.717, 1.165) is 24.3 Å². The number of guanidine groups is 1. The van der Waals surface area contributed by atoms with Gasteiger partial charge in [-0.25, -0.2) is 9.79 Å². The zero-order chi connectivity index (χ0) is 28.1. The Balaban J connectivity index is 1.56. The molecular weight excluding hydrogens is 502 g/mol. The first-order valence-corrected chi connectivity index (χ1v) is 13.1. The molecule has 2 fully saturated rings. The number of rotatable bonds is 8. The number of ketones is 1. The number of nitrogens with zero attached hydrogens (tertiary/aromatic N) is 5. The normalized spacial score (nSPS) is 22.7. The van der Waals surface area contributed by atoms with Gasteiger partial charge in [-0.1, -0.05) is 18.1 Å². The predicted octanol–water partition coefficient (Wildman–Crippen LogP) is 0.0909. The second-order valence-electron chi connectivity index (χ2n) is 9.67. The molecule has 0 aliphatic carbocycles. The Labute approximate surface area is 228 Å². The minimum atomic E-state index is -0.821. The summed E-state index contributed by atoms with van der Waals surface area (Å²) in [5.41, 5.74) is 6.38. The number of likely N-dealkylation sites (N-methyl/N-ethyl adjacent to an activating group) is 2. The number of urea groups is 1. The van der Waals surface area contributed by atoms with Crippen LogP contribution in [0.3, 0.4) is 0 Å². The number of likely N-dealkylation sites (tertiary alicyclic amines) is 1. The SMILES string of the molecule is CC#CCN1C(N2CCC[C@@H](N)C2)=NC2C1C(=O)N(CC(=O)c1ccccc1OCC(=O)NCC)C(=O)N2C. The number of imide groups is 1. The summed E-state index contributed by atoms with van der Waals surface area (Å²) in [6.07, 6.45) is 1.07. The minimum absolute atomic E-state index is 0.0114. The van der Waals surface area contributed by atoms with E-state index in [4.69, 9.17) is 15.5 Å². The number of amides is 4. The highest BCUT2D eigenvalue weighted by Gasteiger charge is 2.53. The molecule has 2 saturated heterocycles. The molecule has 12 nitrogen and oxygen atoms in total. The number of carbonyl (C=O) groups is 4. The van der Waals surface area contributed by atoms with Crippen molar-refractivity contribution in [1.29, 1.82) is 0 Å². The van der Waals surface area contributed by atoms with Crippen molar-refractivity contribution in [2.24, 2.45) is 10.7 Å². The van der Waals surface area contributed by atoms with Crippen molar-refractivity contribution in [3.05, 3.63) is 29.8 Å². The van der Waals surface area contributed by atoms with Crippen LogP contribution in [0, 0.1) is 11.8 Å². The standard InChI is InChI=1S/C27H35N7O5/c1-4-6-14-33-23-24(30-26(33)32-13-9-10-18(28)15-32)31(3)27(38)34(25(23)37)16-20(35)19-11-7-8-12-21(19)39-17-22(36)29-5-2/h7-8,11-12,18,23-24H,5,9-10,13-17,28H2,1-3H3,(H,29,36)/t18-,23?,24?/m1/s1. The van der Waals surface area contributed by atoms with E-state index in [-0.39, 0.29) is 36.4 Å². The van der Waals surface area contributed by atoms with Crippen LogP contribution in [-0.4, -0.2) is 114 Å². The van der Waals surface area contributed by atoms with Crippen LogP contribution in [0.15, 0.2) is 29.3 Å². The topological polar surface area (TPSA) is 141 Å². The maximum atomic E-state index is 13.8. The average Bonchev–Trinajstić information content (AvgIpc) is 3.32. The number of piperidine rings is 1. The van der Waals surface area contributed by atoms with Gasteiger partial charge < -0.3 is 30.5 Å². The predicted molar refractivity (Wildman–Crippen MR) is 144 cm³/mol.